The topological polar surface area (TPSA) is 76.6 Å². The molecular weight excluding hydrogens is 424 g/mol. The number of ether oxygens (including phenoxy) is 1. The molecule has 1 fully saturated rings. The third-order valence-corrected chi connectivity index (χ3v) is 7.90. The van der Waals surface area contributed by atoms with E-state index in [0.717, 1.165) is 34.9 Å². The molecule has 1 saturated heterocycles. The van der Waals surface area contributed by atoms with Crippen molar-refractivity contribution < 1.29 is 17.9 Å². The number of esters is 1. The van der Waals surface area contributed by atoms with Gasteiger partial charge in [-0.1, -0.05) is 24.3 Å². The van der Waals surface area contributed by atoms with Crippen LogP contribution < -0.4 is 4.90 Å². The van der Waals surface area contributed by atoms with Crippen molar-refractivity contribution >= 4 is 32.4 Å². The summed E-state index contributed by atoms with van der Waals surface area (Å²) in [5.41, 5.74) is 3.29. The van der Waals surface area contributed by atoms with Crippen molar-refractivity contribution in [3.05, 3.63) is 59.8 Å². The summed E-state index contributed by atoms with van der Waals surface area (Å²) >= 11 is 0. The van der Waals surface area contributed by atoms with Crippen molar-refractivity contribution in [3.63, 3.8) is 0 Å². The normalized spacial score (nSPS) is 16.8. The number of carbonyl (C=O) groups is 1. The first-order valence-electron chi connectivity index (χ1n) is 10.9. The third kappa shape index (κ3) is 4.09. The number of carbonyl (C=O) groups excluding carboxylic acids is 1. The SMILES string of the molecule is CCOC(=O)[C@H]1CCCN(c2c(S(=O)(=O)c3ccc(C)c(C)c3)cnc3ccccc23)C1. The van der Waals surface area contributed by atoms with Gasteiger partial charge in [0.1, 0.15) is 4.90 Å². The Hall–Kier alpha value is -2.93. The van der Waals surface area contributed by atoms with Gasteiger partial charge in [-0.25, -0.2) is 8.42 Å². The maximum Gasteiger partial charge on any atom is 0.310 e. The van der Waals surface area contributed by atoms with Gasteiger partial charge < -0.3 is 9.64 Å². The molecule has 1 aliphatic heterocycles. The monoisotopic (exact) mass is 452 g/mol. The lowest BCUT2D eigenvalue weighted by molar-refractivity contribution is -0.148. The Morgan fingerprint density at radius 1 is 1.16 bits per heavy atom. The highest BCUT2D eigenvalue weighted by atomic mass is 32.2. The largest absolute Gasteiger partial charge is 0.466 e. The number of fused-ring (bicyclic) bond motifs is 1. The van der Waals surface area contributed by atoms with E-state index in [9.17, 15) is 13.2 Å². The molecule has 32 heavy (non-hydrogen) atoms. The Morgan fingerprint density at radius 2 is 1.94 bits per heavy atom. The van der Waals surface area contributed by atoms with Gasteiger partial charge in [0.25, 0.3) is 0 Å². The van der Waals surface area contributed by atoms with E-state index in [1.807, 2.05) is 49.1 Å². The van der Waals surface area contributed by atoms with Crippen molar-refractivity contribution in [2.24, 2.45) is 5.92 Å². The number of anilines is 1. The van der Waals surface area contributed by atoms with E-state index >= 15 is 0 Å². The van der Waals surface area contributed by atoms with Gasteiger partial charge in [0.15, 0.2) is 0 Å². The molecule has 1 aromatic heterocycles. The number of para-hydroxylation sites is 1. The first-order chi connectivity index (χ1) is 15.3. The molecule has 0 saturated carbocycles. The zero-order chi connectivity index (χ0) is 22.9. The van der Waals surface area contributed by atoms with Crippen LogP contribution in [0.25, 0.3) is 10.9 Å². The lowest BCUT2D eigenvalue weighted by atomic mass is 9.97. The molecule has 6 nitrogen and oxygen atoms in total. The molecule has 2 heterocycles. The Morgan fingerprint density at radius 3 is 2.69 bits per heavy atom. The maximum absolute atomic E-state index is 13.8. The van der Waals surface area contributed by atoms with Gasteiger partial charge in [0.05, 0.1) is 28.6 Å². The van der Waals surface area contributed by atoms with E-state index in [1.165, 1.54) is 6.20 Å². The minimum Gasteiger partial charge on any atom is -0.466 e. The predicted octanol–water partition coefficient (Wildman–Crippen LogP) is 4.46. The number of benzene rings is 2. The molecule has 1 atom stereocenters. The minimum absolute atomic E-state index is 0.170. The van der Waals surface area contributed by atoms with Crippen molar-refractivity contribution in [2.45, 2.75) is 43.4 Å². The fourth-order valence-corrected chi connectivity index (χ4v) is 5.79. The number of aryl methyl sites for hydroxylation is 2. The second-order valence-electron chi connectivity index (χ2n) is 8.27. The van der Waals surface area contributed by atoms with Crippen LogP contribution in [0, 0.1) is 19.8 Å². The maximum atomic E-state index is 13.8. The highest BCUT2D eigenvalue weighted by Gasteiger charge is 2.32. The molecule has 0 unspecified atom stereocenters. The van der Waals surface area contributed by atoms with Crippen molar-refractivity contribution in [1.82, 2.24) is 4.98 Å². The van der Waals surface area contributed by atoms with Crippen molar-refractivity contribution in [2.75, 3.05) is 24.6 Å². The van der Waals surface area contributed by atoms with Crippen LogP contribution in [-0.4, -0.2) is 39.1 Å². The summed E-state index contributed by atoms with van der Waals surface area (Å²) in [6, 6.07) is 12.7. The summed E-state index contributed by atoms with van der Waals surface area (Å²) in [7, 11) is -3.82. The number of pyridine rings is 1. The first-order valence-corrected chi connectivity index (χ1v) is 12.4. The lowest BCUT2D eigenvalue weighted by Gasteiger charge is -2.35. The smallest absolute Gasteiger partial charge is 0.310 e. The summed E-state index contributed by atoms with van der Waals surface area (Å²) in [6.07, 6.45) is 2.97. The number of sulfone groups is 1. The van der Waals surface area contributed by atoms with Gasteiger partial charge in [-0.3, -0.25) is 9.78 Å². The van der Waals surface area contributed by atoms with Gasteiger partial charge in [-0.05, 0) is 62.9 Å². The summed E-state index contributed by atoms with van der Waals surface area (Å²) in [5.74, 6) is -0.512. The van der Waals surface area contributed by atoms with E-state index < -0.39 is 9.84 Å². The average Bonchev–Trinajstić information content (AvgIpc) is 2.80. The summed E-state index contributed by atoms with van der Waals surface area (Å²) in [5, 5.41) is 0.766. The molecular formula is C25H28N2O4S. The molecule has 0 N–H and O–H groups in total. The van der Waals surface area contributed by atoms with Crippen LogP contribution in [0.2, 0.25) is 0 Å². The number of hydrogen-bond donors (Lipinski definition) is 0. The second kappa shape index (κ2) is 8.90. The summed E-state index contributed by atoms with van der Waals surface area (Å²) < 4.78 is 32.8. The third-order valence-electron chi connectivity index (χ3n) is 6.15. The Balaban J connectivity index is 1.87. The van der Waals surface area contributed by atoms with Crippen LogP contribution in [0.4, 0.5) is 5.69 Å². The first kappa shape index (κ1) is 22.3. The molecule has 0 bridgehead atoms. The molecule has 0 spiro atoms. The van der Waals surface area contributed by atoms with Crippen LogP contribution in [-0.2, 0) is 19.4 Å². The van der Waals surface area contributed by atoms with Gasteiger partial charge in [-0.2, -0.15) is 0 Å². The molecule has 168 valence electrons. The number of aromatic nitrogens is 1. The second-order valence-corrected chi connectivity index (χ2v) is 10.2. The fraction of sp³-hybridized carbons (Fsp3) is 0.360. The average molecular weight is 453 g/mol. The zero-order valence-electron chi connectivity index (χ0n) is 18.7. The Bertz CT molecular complexity index is 1270. The van der Waals surface area contributed by atoms with Crippen LogP contribution >= 0.6 is 0 Å². The van der Waals surface area contributed by atoms with Crippen LogP contribution in [0.5, 0.6) is 0 Å². The van der Waals surface area contributed by atoms with E-state index in [2.05, 4.69) is 4.98 Å². The molecule has 0 amide bonds. The van der Waals surface area contributed by atoms with Crippen LogP contribution in [0.15, 0.2) is 58.5 Å². The highest BCUT2D eigenvalue weighted by Crippen LogP contribution is 2.38. The van der Waals surface area contributed by atoms with Gasteiger partial charge >= 0.3 is 5.97 Å². The minimum atomic E-state index is -3.82. The van der Waals surface area contributed by atoms with Gasteiger partial charge in [0, 0.05) is 24.7 Å². The highest BCUT2D eigenvalue weighted by molar-refractivity contribution is 7.91. The molecule has 0 aliphatic carbocycles. The van der Waals surface area contributed by atoms with E-state index in [1.54, 1.807) is 19.1 Å². The fourth-order valence-electron chi connectivity index (χ4n) is 4.27. The summed E-state index contributed by atoms with van der Waals surface area (Å²) in [6.45, 7) is 7.07. The van der Waals surface area contributed by atoms with E-state index in [-0.39, 0.29) is 21.7 Å². The lowest BCUT2D eigenvalue weighted by Crippen LogP contribution is -2.40. The van der Waals surface area contributed by atoms with Crippen LogP contribution in [0.1, 0.15) is 30.9 Å². The molecule has 0 radical (unpaired) electrons. The van der Waals surface area contributed by atoms with Gasteiger partial charge in [-0.15, -0.1) is 0 Å². The van der Waals surface area contributed by atoms with Gasteiger partial charge in [0.2, 0.25) is 9.84 Å². The number of hydrogen-bond acceptors (Lipinski definition) is 6. The molecule has 2 aromatic carbocycles. The van der Waals surface area contributed by atoms with E-state index in [4.69, 9.17) is 4.74 Å². The summed E-state index contributed by atoms with van der Waals surface area (Å²) in [4.78, 5) is 19.3. The quantitative estimate of drug-likeness (QED) is 0.532. The molecule has 3 aromatic rings. The number of piperidine rings is 1. The number of nitrogens with zero attached hydrogens (tertiary/aromatic N) is 2. The van der Waals surface area contributed by atoms with Crippen molar-refractivity contribution in [3.8, 4) is 0 Å². The van der Waals surface area contributed by atoms with Crippen molar-refractivity contribution in [1.29, 1.82) is 0 Å². The zero-order valence-corrected chi connectivity index (χ0v) is 19.5. The number of rotatable bonds is 5. The predicted molar refractivity (Wildman–Crippen MR) is 125 cm³/mol. The Labute approximate surface area is 189 Å². The Kier molecular flexibility index (Phi) is 6.20. The molecule has 7 heteroatoms. The molecule has 1 aliphatic rings. The van der Waals surface area contributed by atoms with Crippen LogP contribution in [0.3, 0.4) is 0 Å². The standard InChI is InChI=1S/C25H28N2O4S/c1-4-31-25(28)19-8-7-13-27(16-19)24-21-9-5-6-10-22(21)26-15-23(24)32(29,30)20-12-11-17(2)18(3)14-20/h5-6,9-12,14-15,19H,4,7-8,13,16H2,1-3H3/t19-/m0/s1. The van der Waals surface area contributed by atoms with E-state index in [0.29, 0.717) is 25.4 Å². The molecule has 4 rings (SSSR count).